The molecule has 0 fully saturated rings. The monoisotopic (exact) mass is 632 g/mol. The minimum Gasteiger partial charge on any atom is -0.490 e. The SMILES string of the molecule is Cc1ccc2c(c1)O[C@H](COc1ccc(C(=O)n3c(C)c(CC(=O)OCc4ccccc4)c4c(CC(=O)O)cccc43)cc1)CN2C. The second-order valence-corrected chi connectivity index (χ2v) is 11.8. The van der Waals surface area contributed by atoms with Crippen LogP contribution in [0.2, 0.25) is 0 Å². The van der Waals surface area contributed by atoms with Crippen LogP contribution in [0.15, 0.2) is 91.0 Å². The topological polar surface area (TPSA) is 107 Å². The van der Waals surface area contributed by atoms with Crippen LogP contribution in [0.25, 0.3) is 10.9 Å². The van der Waals surface area contributed by atoms with Crippen LogP contribution in [-0.4, -0.2) is 53.8 Å². The number of carboxylic acids is 1. The number of carbonyl (C=O) groups excluding carboxylic acids is 2. The number of hydrogen-bond donors (Lipinski definition) is 1. The number of hydrogen-bond acceptors (Lipinski definition) is 7. The largest absolute Gasteiger partial charge is 0.490 e. The van der Waals surface area contributed by atoms with Gasteiger partial charge in [0, 0.05) is 23.7 Å². The molecule has 1 aromatic heterocycles. The van der Waals surface area contributed by atoms with Gasteiger partial charge in [-0.05, 0) is 78.6 Å². The summed E-state index contributed by atoms with van der Waals surface area (Å²) >= 11 is 0. The third-order valence-electron chi connectivity index (χ3n) is 8.39. The number of aliphatic carboxylic acids is 1. The average molecular weight is 633 g/mol. The van der Waals surface area contributed by atoms with Gasteiger partial charge in [-0.3, -0.25) is 19.0 Å². The molecule has 240 valence electrons. The number of aryl methyl sites for hydroxylation is 1. The molecule has 9 nitrogen and oxygen atoms in total. The highest BCUT2D eigenvalue weighted by Crippen LogP contribution is 2.34. The molecule has 0 bridgehead atoms. The van der Waals surface area contributed by atoms with Crippen molar-refractivity contribution in [3.8, 4) is 11.5 Å². The molecule has 1 N–H and O–H groups in total. The number of likely N-dealkylation sites (N-methyl/N-ethyl adjacent to an activating group) is 1. The highest BCUT2D eigenvalue weighted by atomic mass is 16.5. The smallest absolute Gasteiger partial charge is 0.310 e. The summed E-state index contributed by atoms with van der Waals surface area (Å²) in [6, 6.07) is 27.6. The van der Waals surface area contributed by atoms with Gasteiger partial charge in [-0.25, -0.2) is 0 Å². The molecule has 0 radical (unpaired) electrons. The molecule has 0 aliphatic carbocycles. The zero-order chi connectivity index (χ0) is 33.1. The lowest BCUT2D eigenvalue weighted by Gasteiger charge is -2.33. The van der Waals surface area contributed by atoms with Crippen LogP contribution < -0.4 is 14.4 Å². The minimum atomic E-state index is -1.01. The number of esters is 1. The Labute approximate surface area is 272 Å². The highest BCUT2D eigenvalue weighted by Gasteiger charge is 2.26. The van der Waals surface area contributed by atoms with Crippen molar-refractivity contribution in [1.29, 1.82) is 0 Å². The van der Waals surface area contributed by atoms with E-state index in [1.807, 2.05) is 50.4 Å². The Balaban J connectivity index is 1.21. The van der Waals surface area contributed by atoms with E-state index in [9.17, 15) is 19.5 Å². The lowest BCUT2D eigenvalue weighted by Crippen LogP contribution is -2.41. The maximum atomic E-state index is 14.0. The van der Waals surface area contributed by atoms with Gasteiger partial charge < -0.3 is 24.2 Å². The number of aromatic nitrogens is 1. The summed E-state index contributed by atoms with van der Waals surface area (Å²) < 4.78 is 19.3. The second kappa shape index (κ2) is 13.4. The van der Waals surface area contributed by atoms with E-state index in [0.29, 0.717) is 52.2 Å². The van der Waals surface area contributed by atoms with Crippen molar-refractivity contribution >= 4 is 34.4 Å². The van der Waals surface area contributed by atoms with Crippen molar-refractivity contribution in [3.05, 3.63) is 125 Å². The third-order valence-corrected chi connectivity index (χ3v) is 8.39. The van der Waals surface area contributed by atoms with Crippen LogP contribution in [-0.2, 0) is 33.8 Å². The Kier molecular flexibility index (Phi) is 8.97. The van der Waals surface area contributed by atoms with E-state index in [4.69, 9.17) is 14.2 Å². The van der Waals surface area contributed by atoms with Gasteiger partial charge in [0.05, 0.1) is 30.6 Å². The molecule has 9 heteroatoms. The zero-order valence-electron chi connectivity index (χ0n) is 26.6. The number of nitrogens with zero attached hydrogens (tertiary/aromatic N) is 2. The summed E-state index contributed by atoms with van der Waals surface area (Å²) in [6.07, 6.45) is -0.526. The molecule has 1 atom stereocenters. The molecule has 0 unspecified atom stereocenters. The predicted octanol–water partition coefficient (Wildman–Crippen LogP) is 6.14. The average Bonchev–Trinajstić information content (AvgIpc) is 3.34. The Morgan fingerprint density at radius 2 is 1.68 bits per heavy atom. The normalized spacial score (nSPS) is 13.9. The Bertz CT molecular complexity index is 1950. The van der Waals surface area contributed by atoms with E-state index in [-0.39, 0.29) is 31.5 Å². The van der Waals surface area contributed by atoms with Gasteiger partial charge in [-0.15, -0.1) is 0 Å². The van der Waals surface area contributed by atoms with Gasteiger partial charge in [0.25, 0.3) is 5.91 Å². The van der Waals surface area contributed by atoms with Crippen molar-refractivity contribution in [2.45, 2.75) is 39.4 Å². The van der Waals surface area contributed by atoms with Gasteiger partial charge in [0.15, 0.2) is 0 Å². The van der Waals surface area contributed by atoms with E-state index in [0.717, 1.165) is 22.6 Å². The first-order valence-electron chi connectivity index (χ1n) is 15.5. The number of rotatable bonds is 10. The van der Waals surface area contributed by atoms with Crippen molar-refractivity contribution in [2.75, 3.05) is 25.1 Å². The molecule has 1 aliphatic heterocycles. The number of benzene rings is 4. The molecule has 2 heterocycles. The Morgan fingerprint density at radius 1 is 0.915 bits per heavy atom. The molecule has 0 amide bonds. The fraction of sp³-hybridized carbons (Fsp3) is 0.237. The van der Waals surface area contributed by atoms with Crippen LogP contribution in [0.3, 0.4) is 0 Å². The van der Waals surface area contributed by atoms with E-state index in [1.54, 1.807) is 54.0 Å². The van der Waals surface area contributed by atoms with Crippen molar-refractivity contribution < 1.29 is 33.7 Å². The predicted molar refractivity (Wildman–Crippen MR) is 178 cm³/mol. The lowest BCUT2D eigenvalue weighted by molar-refractivity contribution is -0.144. The molecule has 6 rings (SSSR count). The number of carbonyl (C=O) groups is 3. The molecule has 4 aromatic carbocycles. The summed E-state index contributed by atoms with van der Waals surface area (Å²) in [6.45, 7) is 4.92. The summed E-state index contributed by atoms with van der Waals surface area (Å²) in [7, 11) is 2.03. The molecular formula is C38H36N2O7. The molecule has 0 saturated carbocycles. The van der Waals surface area contributed by atoms with Crippen molar-refractivity contribution in [3.63, 3.8) is 0 Å². The Hall–Kier alpha value is -5.57. The van der Waals surface area contributed by atoms with Gasteiger partial charge in [-0.2, -0.15) is 0 Å². The van der Waals surface area contributed by atoms with Gasteiger partial charge in [0.1, 0.15) is 30.8 Å². The lowest BCUT2D eigenvalue weighted by atomic mass is 10.0. The molecule has 0 spiro atoms. The first-order valence-corrected chi connectivity index (χ1v) is 15.5. The molecule has 5 aromatic rings. The van der Waals surface area contributed by atoms with E-state index >= 15 is 0 Å². The van der Waals surface area contributed by atoms with Gasteiger partial charge in [-0.1, -0.05) is 48.5 Å². The molecule has 47 heavy (non-hydrogen) atoms. The number of carboxylic acid groups (broad SMARTS) is 1. The number of fused-ring (bicyclic) bond motifs is 2. The standard InChI is InChI=1S/C38H36N2O7/c1-24-12-17-32-34(18-24)47-30(21-39(32)3)23-45-29-15-13-27(14-16-29)38(44)40-25(2)31(20-36(43)46-22-26-8-5-4-6-9-26)37-28(19-35(41)42)10-7-11-33(37)40/h4-18,30H,19-23H2,1-3H3,(H,41,42)/t30-/m0/s1. The van der Waals surface area contributed by atoms with Crippen molar-refractivity contribution in [2.24, 2.45) is 0 Å². The summed E-state index contributed by atoms with van der Waals surface area (Å²) in [4.78, 5) is 40.9. The van der Waals surface area contributed by atoms with Crippen LogP contribution >= 0.6 is 0 Å². The summed E-state index contributed by atoms with van der Waals surface area (Å²) in [5.41, 5.74) is 5.61. The fourth-order valence-corrected chi connectivity index (χ4v) is 6.09. The van der Waals surface area contributed by atoms with Crippen molar-refractivity contribution in [1.82, 2.24) is 4.57 Å². The fourth-order valence-electron chi connectivity index (χ4n) is 6.09. The number of anilines is 1. The zero-order valence-corrected chi connectivity index (χ0v) is 26.6. The quantitative estimate of drug-likeness (QED) is 0.183. The van der Waals surface area contributed by atoms with E-state index in [2.05, 4.69) is 17.0 Å². The van der Waals surface area contributed by atoms with E-state index < -0.39 is 11.9 Å². The maximum absolute atomic E-state index is 14.0. The van der Waals surface area contributed by atoms with E-state index in [1.165, 1.54) is 0 Å². The van der Waals surface area contributed by atoms with Crippen LogP contribution in [0.4, 0.5) is 5.69 Å². The van der Waals surface area contributed by atoms with Crippen LogP contribution in [0.5, 0.6) is 11.5 Å². The van der Waals surface area contributed by atoms with Crippen LogP contribution in [0.1, 0.15) is 38.3 Å². The Morgan fingerprint density at radius 3 is 2.43 bits per heavy atom. The summed E-state index contributed by atoms with van der Waals surface area (Å²) in [5, 5.41) is 10.2. The molecular weight excluding hydrogens is 596 g/mol. The van der Waals surface area contributed by atoms with Gasteiger partial charge in [0.2, 0.25) is 0 Å². The first-order chi connectivity index (χ1) is 22.7. The molecule has 0 saturated heterocycles. The highest BCUT2D eigenvalue weighted by molar-refractivity contribution is 6.06. The third kappa shape index (κ3) is 6.84. The summed E-state index contributed by atoms with van der Waals surface area (Å²) in [5.74, 6) is -0.353. The molecule has 1 aliphatic rings. The number of ether oxygens (including phenoxy) is 3. The maximum Gasteiger partial charge on any atom is 0.310 e. The first kappa shape index (κ1) is 31.4. The minimum absolute atomic E-state index is 0.110. The van der Waals surface area contributed by atoms with Gasteiger partial charge >= 0.3 is 11.9 Å². The second-order valence-electron chi connectivity index (χ2n) is 11.8. The van der Waals surface area contributed by atoms with Crippen LogP contribution in [0, 0.1) is 13.8 Å².